The van der Waals surface area contributed by atoms with E-state index in [9.17, 15) is 13.2 Å². The van der Waals surface area contributed by atoms with Crippen LogP contribution in [0.5, 0.6) is 5.75 Å². The lowest BCUT2D eigenvalue weighted by Crippen LogP contribution is -1.98. The second-order valence-electron chi connectivity index (χ2n) is 4.01. The highest BCUT2D eigenvalue weighted by Gasteiger charge is 2.14. The molecule has 2 aromatic rings. The van der Waals surface area contributed by atoms with Gasteiger partial charge >= 0.3 is 0 Å². The van der Waals surface area contributed by atoms with Crippen LogP contribution in [0.2, 0.25) is 0 Å². The van der Waals surface area contributed by atoms with Crippen LogP contribution in [0.4, 0.5) is 18.9 Å². The summed E-state index contributed by atoms with van der Waals surface area (Å²) in [5.74, 6) is -1.96. The molecule has 0 saturated carbocycles. The summed E-state index contributed by atoms with van der Waals surface area (Å²) >= 11 is 1.22. The molecule has 2 aromatic carbocycles. The Bertz CT molecular complexity index is 634. The molecule has 0 aliphatic carbocycles. The van der Waals surface area contributed by atoms with E-state index < -0.39 is 17.5 Å². The lowest BCUT2D eigenvalue weighted by atomic mass is 10.2. The zero-order chi connectivity index (χ0) is 14.7. The van der Waals surface area contributed by atoms with Gasteiger partial charge in [0.2, 0.25) is 0 Å². The third-order valence-electron chi connectivity index (χ3n) is 2.72. The summed E-state index contributed by atoms with van der Waals surface area (Å²) in [5.41, 5.74) is 5.59. The van der Waals surface area contributed by atoms with E-state index in [-0.39, 0.29) is 22.8 Å². The second kappa shape index (κ2) is 6.09. The highest BCUT2D eigenvalue weighted by atomic mass is 32.2. The molecule has 0 atom stereocenters. The van der Waals surface area contributed by atoms with Crippen molar-refractivity contribution in [1.82, 2.24) is 0 Å². The van der Waals surface area contributed by atoms with Gasteiger partial charge in [0.25, 0.3) is 0 Å². The van der Waals surface area contributed by atoms with E-state index in [2.05, 4.69) is 0 Å². The normalized spacial score (nSPS) is 10.6. The highest BCUT2D eigenvalue weighted by molar-refractivity contribution is 7.98. The first-order valence-corrected chi connectivity index (χ1v) is 6.70. The number of ether oxygens (including phenoxy) is 1. The lowest BCUT2D eigenvalue weighted by Gasteiger charge is -2.10. The minimum absolute atomic E-state index is 0.0154. The van der Waals surface area contributed by atoms with E-state index in [0.29, 0.717) is 4.90 Å². The molecule has 2 rings (SSSR count). The van der Waals surface area contributed by atoms with E-state index >= 15 is 0 Å². The first-order valence-electron chi connectivity index (χ1n) is 5.71. The van der Waals surface area contributed by atoms with Crippen LogP contribution >= 0.6 is 11.8 Å². The molecule has 2 N–H and O–H groups in total. The molecule has 0 bridgehead atoms. The summed E-state index contributed by atoms with van der Waals surface area (Å²) in [6, 6.07) is 6.59. The van der Waals surface area contributed by atoms with E-state index in [0.717, 1.165) is 6.07 Å². The Balaban J connectivity index is 2.22. The van der Waals surface area contributed by atoms with Crippen LogP contribution in [0.3, 0.4) is 0 Å². The molecular weight excluding hydrogens is 287 g/mol. The Morgan fingerprint density at radius 2 is 1.80 bits per heavy atom. The SMILES string of the molecule is COc1ccc(F)c(F)c1CSc1ccc(F)c(N)c1. The first-order chi connectivity index (χ1) is 9.52. The Morgan fingerprint density at radius 3 is 2.45 bits per heavy atom. The molecule has 0 aliphatic heterocycles. The number of thioether (sulfide) groups is 1. The summed E-state index contributed by atoms with van der Waals surface area (Å²) in [5, 5.41) is 0. The summed E-state index contributed by atoms with van der Waals surface area (Å²) in [6.45, 7) is 0. The molecule has 0 aliphatic rings. The number of hydrogen-bond donors (Lipinski definition) is 1. The maximum Gasteiger partial charge on any atom is 0.166 e. The molecule has 0 heterocycles. The molecule has 0 unspecified atom stereocenters. The quantitative estimate of drug-likeness (QED) is 0.685. The van der Waals surface area contributed by atoms with Crippen molar-refractivity contribution in [2.75, 3.05) is 12.8 Å². The zero-order valence-electron chi connectivity index (χ0n) is 10.6. The van der Waals surface area contributed by atoms with Crippen molar-refractivity contribution in [3.8, 4) is 5.75 Å². The third-order valence-corrected chi connectivity index (χ3v) is 3.74. The second-order valence-corrected chi connectivity index (χ2v) is 5.06. The standard InChI is InChI=1S/C14H12F3NOS/c1-19-13-5-4-11(16)14(17)9(13)7-20-8-2-3-10(15)12(18)6-8/h2-6H,7,18H2,1H3. The number of nitrogen functional groups attached to an aromatic ring is 1. The monoisotopic (exact) mass is 299 g/mol. The van der Waals surface area contributed by atoms with E-state index in [1.54, 1.807) is 0 Å². The van der Waals surface area contributed by atoms with Crippen LogP contribution in [0.15, 0.2) is 35.2 Å². The van der Waals surface area contributed by atoms with Gasteiger partial charge in [-0.25, -0.2) is 13.2 Å². The minimum atomic E-state index is -0.938. The van der Waals surface area contributed by atoms with Crippen LogP contribution in [-0.4, -0.2) is 7.11 Å². The fraction of sp³-hybridized carbons (Fsp3) is 0.143. The number of halogens is 3. The van der Waals surface area contributed by atoms with E-state index in [4.69, 9.17) is 10.5 Å². The number of rotatable bonds is 4. The number of nitrogens with two attached hydrogens (primary N) is 1. The van der Waals surface area contributed by atoms with Gasteiger partial charge in [-0.3, -0.25) is 0 Å². The van der Waals surface area contributed by atoms with Gasteiger partial charge in [-0.1, -0.05) is 0 Å². The third kappa shape index (κ3) is 3.01. The maximum atomic E-state index is 13.7. The number of methoxy groups -OCH3 is 1. The van der Waals surface area contributed by atoms with Crippen molar-refractivity contribution in [3.05, 3.63) is 53.3 Å². The summed E-state index contributed by atoms with van der Waals surface area (Å²) in [4.78, 5) is 0.662. The topological polar surface area (TPSA) is 35.2 Å². The average molecular weight is 299 g/mol. The molecular formula is C14H12F3NOS. The highest BCUT2D eigenvalue weighted by Crippen LogP contribution is 2.32. The number of benzene rings is 2. The van der Waals surface area contributed by atoms with Crippen molar-refractivity contribution in [3.63, 3.8) is 0 Å². The molecule has 2 nitrogen and oxygen atoms in total. The zero-order valence-corrected chi connectivity index (χ0v) is 11.4. The summed E-state index contributed by atoms with van der Waals surface area (Å²) in [7, 11) is 1.39. The predicted molar refractivity (Wildman–Crippen MR) is 73.3 cm³/mol. The molecule has 0 saturated heterocycles. The van der Waals surface area contributed by atoms with Crippen molar-refractivity contribution >= 4 is 17.4 Å². The average Bonchev–Trinajstić information content (AvgIpc) is 2.44. The largest absolute Gasteiger partial charge is 0.496 e. The fourth-order valence-corrected chi connectivity index (χ4v) is 2.62. The van der Waals surface area contributed by atoms with Gasteiger partial charge in [0.05, 0.1) is 12.8 Å². The van der Waals surface area contributed by atoms with Crippen molar-refractivity contribution in [2.24, 2.45) is 0 Å². The van der Waals surface area contributed by atoms with Gasteiger partial charge in [0, 0.05) is 16.2 Å². The van der Waals surface area contributed by atoms with Crippen molar-refractivity contribution < 1.29 is 17.9 Å². The molecule has 0 amide bonds. The van der Waals surface area contributed by atoms with Crippen molar-refractivity contribution in [2.45, 2.75) is 10.6 Å². The van der Waals surface area contributed by atoms with Crippen LogP contribution in [0, 0.1) is 17.5 Å². The molecule has 0 fully saturated rings. The Hall–Kier alpha value is -1.82. The van der Waals surface area contributed by atoms with Gasteiger partial charge in [-0.2, -0.15) is 0 Å². The van der Waals surface area contributed by atoms with Gasteiger partial charge < -0.3 is 10.5 Å². The number of hydrogen-bond acceptors (Lipinski definition) is 3. The summed E-state index contributed by atoms with van der Waals surface area (Å²) in [6.07, 6.45) is 0. The van der Waals surface area contributed by atoms with Gasteiger partial charge in [0.1, 0.15) is 11.6 Å². The molecule has 0 radical (unpaired) electrons. The Kier molecular flexibility index (Phi) is 4.44. The van der Waals surface area contributed by atoms with Gasteiger partial charge in [-0.05, 0) is 30.3 Å². The molecule has 20 heavy (non-hydrogen) atoms. The molecule has 0 aromatic heterocycles. The van der Waals surface area contributed by atoms with Crippen molar-refractivity contribution in [1.29, 1.82) is 0 Å². The first kappa shape index (κ1) is 14.6. The number of anilines is 1. The van der Waals surface area contributed by atoms with Gasteiger partial charge in [0.15, 0.2) is 11.6 Å². The maximum absolute atomic E-state index is 13.7. The molecule has 0 spiro atoms. The minimum Gasteiger partial charge on any atom is -0.496 e. The predicted octanol–water partition coefficient (Wildman–Crippen LogP) is 3.99. The van der Waals surface area contributed by atoms with Crippen LogP contribution in [0.25, 0.3) is 0 Å². The van der Waals surface area contributed by atoms with E-state index in [1.165, 1.54) is 43.1 Å². The Morgan fingerprint density at radius 1 is 1.10 bits per heavy atom. The Labute approximate surface area is 118 Å². The smallest absolute Gasteiger partial charge is 0.166 e. The summed E-state index contributed by atoms with van der Waals surface area (Å²) < 4.78 is 45.0. The molecule has 6 heteroatoms. The fourth-order valence-electron chi connectivity index (χ4n) is 1.67. The van der Waals surface area contributed by atoms with Crippen LogP contribution < -0.4 is 10.5 Å². The lowest BCUT2D eigenvalue weighted by molar-refractivity contribution is 0.401. The molecule has 106 valence electrons. The van der Waals surface area contributed by atoms with Crippen LogP contribution in [0.1, 0.15) is 5.56 Å². The van der Waals surface area contributed by atoms with Crippen LogP contribution in [-0.2, 0) is 5.75 Å². The van der Waals surface area contributed by atoms with Gasteiger partial charge in [-0.15, -0.1) is 11.8 Å². The van der Waals surface area contributed by atoms with E-state index in [1.807, 2.05) is 0 Å².